The highest BCUT2D eigenvalue weighted by Gasteiger charge is 2.33. The molecule has 1 atom stereocenters. The zero-order chi connectivity index (χ0) is 8.16. The van der Waals surface area contributed by atoms with Gasteiger partial charge in [-0.3, -0.25) is 4.84 Å². The highest BCUT2D eigenvalue weighted by atomic mass is 28.2. The quantitative estimate of drug-likeness (QED) is 0.506. The lowest BCUT2D eigenvalue weighted by Gasteiger charge is -2.27. The van der Waals surface area contributed by atoms with Gasteiger partial charge in [-0.1, -0.05) is 26.3 Å². The van der Waals surface area contributed by atoms with Crippen LogP contribution >= 0.6 is 0 Å². The molecule has 1 fully saturated rings. The second-order valence-corrected chi connectivity index (χ2v) is 5.84. The van der Waals surface area contributed by atoms with Gasteiger partial charge in [-0.25, -0.2) is 5.48 Å². The van der Waals surface area contributed by atoms with Crippen molar-refractivity contribution >= 4 is 9.52 Å². The molecular formula is C8H19NOSi. The van der Waals surface area contributed by atoms with Gasteiger partial charge < -0.3 is 0 Å². The summed E-state index contributed by atoms with van der Waals surface area (Å²) in [5, 5.41) is 0.315. The molecule has 0 aliphatic carbocycles. The Hall–Kier alpha value is 0.137. The van der Waals surface area contributed by atoms with Crippen LogP contribution in [0.25, 0.3) is 0 Å². The third kappa shape index (κ3) is 2.29. The largest absolute Gasteiger partial charge is 0.300 e. The van der Waals surface area contributed by atoms with E-state index in [0.29, 0.717) is 5.22 Å². The van der Waals surface area contributed by atoms with E-state index in [2.05, 4.69) is 19.3 Å². The summed E-state index contributed by atoms with van der Waals surface area (Å²) in [6, 6.07) is 1.47. The molecule has 0 aromatic carbocycles. The van der Waals surface area contributed by atoms with Crippen LogP contribution in [0.4, 0.5) is 0 Å². The van der Waals surface area contributed by atoms with Crippen molar-refractivity contribution in [2.24, 2.45) is 0 Å². The van der Waals surface area contributed by atoms with E-state index in [1.807, 2.05) is 0 Å². The first kappa shape index (κ1) is 9.23. The van der Waals surface area contributed by atoms with Gasteiger partial charge in [0, 0.05) is 6.54 Å². The summed E-state index contributed by atoms with van der Waals surface area (Å²) in [7, 11) is 0.0453. The van der Waals surface area contributed by atoms with Crippen LogP contribution in [0.1, 0.15) is 33.1 Å². The maximum atomic E-state index is 5.70. The molecule has 1 rings (SSSR count). The standard InChI is InChI=1S/C8H19NOSi/c1-3-8(10-9-4-2)6-5-7-11-8/h9H,3-7,11H2,1-2H3. The van der Waals surface area contributed by atoms with Crippen molar-refractivity contribution in [2.45, 2.75) is 44.4 Å². The van der Waals surface area contributed by atoms with Crippen LogP contribution in [0.5, 0.6) is 0 Å². The van der Waals surface area contributed by atoms with E-state index in [4.69, 9.17) is 4.84 Å². The van der Waals surface area contributed by atoms with E-state index in [1.165, 1.54) is 25.3 Å². The molecule has 1 heterocycles. The predicted octanol–water partition coefficient (Wildman–Crippen LogP) is 1.01. The van der Waals surface area contributed by atoms with Crippen LogP contribution in [0.2, 0.25) is 6.04 Å². The highest BCUT2D eigenvalue weighted by Crippen LogP contribution is 2.28. The van der Waals surface area contributed by atoms with Gasteiger partial charge in [0.15, 0.2) is 0 Å². The van der Waals surface area contributed by atoms with Crippen molar-refractivity contribution in [3.8, 4) is 0 Å². The zero-order valence-corrected chi connectivity index (χ0v) is 9.07. The number of hydrogen-bond donors (Lipinski definition) is 1. The molecule has 0 aromatic heterocycles. The Morgan fingerprint density at radius 1 is 1.55 bits per heavy atom. The van der Waals surface area contributed by atoms with Gasteiger partial charge in [-0.2, -0.15) is 0 Å². The molecule has 1 aliphatic heterocycles. The Kier molecular flexibility index (Phi) is 3.55. The minimum Gasteiger partial charge on any atom is -0.300 e. The molecule has 1 aliphatic rings. The van der Waals surface area contributed by atoms with E-state index in [1.54, 1.807) is 0 Å². The lowest BCUT2D eigenvalue weighted by molar-refractivity contribution is -0.0554. The molecule has 0 saturated carbocycles. The molecule has 1 N–H and O–H groups in total. The molecule has 1 unspecified atom stereocenters. The molecule has 0 radical (unpaired) electrons. The van der Waals surface area contributed by atoms with Crippen LogP contribution in [-0.4, -0.2) is 21.3 Å². The highest BCUT2D eigenvalue weighted by molar-refractivity contribution is 6.40. The topological polar surface area (TPSA) is 21.3 Å². The molecule has 3 heteroatoms. The average molecular weight is 173 g/mol. The third-order valence-electron chi connectivity index (χ3n) is 2.59. The van der Waals surface area contributed by atoms with Gasteiger partial charge in [0.25, 0.3) is 0 Å². The lowest BCUT2D eigenvalue weighted by Crippen LogP contribution is -2.39. The summed E-state index contributed by atoms with van der Waals surface area (Å²) in [4.78, 5) is 5.70. The maximum absolute atomic E-state index is 5.70. The number of hydroxylamine groups is 1. The summed E-state index contributed by atoms with van der Waals surface area (Å²) in [6.45, 7) is 5.26. The second-order valence-electron chi connectivity index (χ2n) is 3.34. The number of rotatable bonds is 4. The van der Waals surface area contributed by atoms with Gasteiger partial charge in [0.1, 0.15) is 0 Å². The summed E-state index contributed by atoms with van der Waals surface area (Å²) in [5.74, 6) is 0. The first-order valence-corrected chi connectivity index (χ1v) is 6.44. The molecule has 0 aromatic rings. The smallest absolute Gasteiger partial charge is 0.0726 e. The van der Waals surface area contributed by atoms with Crippen molar-refractivity contribution in [3.63, 3.8) is 0 Å². The predicted molar refractivity (Wildman–Crippen MR) is 50.4 cm³/mol. The van der Waals surface area contributed by atoms with Gasteiger partial charge in [-0.15, -0.1) is 0 Å². The van der Waals surface area contributed by atoms with E-state index in [-0.39, 0.29) is 9.52 Å². The third-order valence-corrected chi connectivity index (χ3v) is 5.35. The minimum atomic E-state index is 0.0453. The van der Waals surface area contributed by atoms with Gasteiger partial charge >= 0.3 is 0 Å². The Balaban J connectivity index is 2.33. The van der Waals surface area contributed by atoms with E-state index >= 15 is 0 Å². The molecular weight excluding hydrogens is 154 g/mol. The van der Waals surface area contributed by atoms with Crippen LogP contribution in [-0.2, 0) is 4.84 Å². The summed E-state index contributed by atoms with van der Waals surface area (Å²) < 4.78 is 0. The van der Waals surface area contributed by atoms with Crippen molar-refractivity contribution < 1.29 is 4.84 Å². The lowest BCUT2D eigenvalue weighted by atomic mass is 10.1. The van der Waals surface area contributed by atoms with Gasteiger partial charge in [0.05, 0.1) is 14.7 Å². The molecule has 0 bridgehead atoms. The minimum absolute atomic E-state index is 0.0453. The van der Waals surface area contributed by atoms with Crippen LogP contribution in [0, 0.1) is 0 Å². The summed E-state index contributed by atoms with van der Waals surface area (Å²) >= 11 is 0. The second kappa shape index (κ2) is 4.23. The van der Waals surface area contributed by atoms with E-state index in [9.17, 15) is 0 Å². The van der Waals surface area contributed by atoms with Crippen molar-refractivity contribution in [2.75, 3.05) is 6.54 Å². The molecule has 2 nitrogen and oxygen atoms in total. The first-order chi connectivity index (χ1) is 5.33. The fourth-order valence-corrected chi connectivity index (χ4v) is 3.97. The van der Waals surface area contributed by atoms with Crippen LogP contribution in [0.15, 0.2) is 0 Å². The normalized spacial score (nSPS) is 33.3. The Bertz CT molecular complexity index is 113. The molecule has 11 heavy (non-hydrogen) atoms. The summed E-state index contributed by atoms with van der Waals surface area (Å²) in [6.07, 6.45) is 3.89. The first-order valence-electron chi connectivity index (χ1n) is 4.74. The molecule has 0 amide bonds. The molecule has 1 saturated heterocycles. The SMILES string of the molecule is CCNOC1(CC)CCC[SiH2]1. The Morgan fingerprint density at radius 2 is 2.36 bits per heavy atom. The summed E-state index contributed by atoms with van der Waals surface area (Å²) in [5.41, 5.74) is 3.02. The van der Waals surface area contributed by atoms with Crippen molar-refractivity contribution in [1.82, 2.24) is 5.48 Å². The van der Waals surface area contributed by atoms with E-state index < -0.39 is 0 Å². The molecule has 66 valence electrons. The average Bonchev–Trinajstić information content (AvgIpc) is 2.50. The number of hydrogen-bond acceptors (Lipinski definition) is 2. The van der Waals surface area contributed by atoms with Crippen molar-refractivity contribution in [1.29, 1.82) is 0 Å². The van der Waals surface area contributed by atoms with Crippen LogP contribution in [0.3, 0.4) is 0 Å². The van der Waals surface area contributed by atoms with Gasteiger partial charge in [-0.05, 0) is 12.8 Å². The number of nitrogens with one attached hydrogen (secondary N) is 1. The Labute approximate surface area is 71.5 Å². The molecule has 0 spiro atoms. The fraction of sp³-hybridized carbons (Fsp3) is 1.00. The van der Waals surface area contributed by atoms with Gasteiger partial charge in [0.2, 0.25) is 0 Å². The fourth-order valence-electron chi connectivity index (χ4n) is 1.77. The Morgan fingerprint density at radius 3 is 2.82 bits per heavy atom. The monoisotopic (exact) mass is 173 g/mol. The van der Waals surface area contributed by atoms with E-state index in [0.717, 1.165) is 6.54 Å². The maximum Gasteiger partial charge on any atom is 0.0726 e. The van der Waals surface area contributed by atoms with Crippen molar-refractivity contribution in [3.05, 3.63) is 0 Å². The zero-order valence-electron chi connectivity index (χ0n) is 7.65. The van der Waals surface area contributed by atoms with Crippen LogP contribution < -0.4 is 5.48 Å².